The molecule has 0 radical (unpaired) electrons. The zero-order valence-corrected chi connectivity index (χ0v) is 44.6. The minimum Gasteiger partial charge on any atom is -0.386 e. The third-order valence-corrected chi connectivity index (χ3v) is 14.6. The number of nitrogens with two attached hydrogens (primary N) is 2. The van der Waals surface area contributed by atoms with E-state index in [-0.39, 0.29) is 23.2 Å². The molecule has 10 rings (SSSR count). The molecule has 4 aromatic heterocycles. The molecule has 6 aromatic carbocycles. The van der Waals surface area contributed by atoms with Gasteiger partial charge in [0.1, 0.15) is 11.5 Å². The maximum Gasteiger partial charge on any atom is 0.249 e. The molecule has 2 atom stereocenters. The molecule has 12 nitrogen and oxygen atoms in total. The van der Waals surface area contributed by atoms with Gasteiger partial charge in [0.25, 0.3) is 0 Å². The van der Waals surface area contributed by atoms with E-state index in [1.807, 2.05) is 110 Å². The van der Waals surface area contributed by atoms with Gasteiger partial charge >= 0.3 is 0 Å². The van der Waals surface area contributed by atoms with Crippen LogP contribution in [-0.2, 0) is 11.2 Å². The summed E-state index contributed by atoms with van der Waals surface area (Å²) in [5.41, 5.74) is 18.5. The lowest BCUT2D eigenvalue weighted by Crippen LogP contribution is -2.19. The zero-order chi connectivity index (χ0) is 54.7. The van der Waals surface area contributed by atoms with Crippen LogP contribution in [0.1, 0.15) is 145 Å². The summed E-state index contributed by atoms with van der Waals surface area (Å²) in [5.74, 6) is -1.02. The summed E-state index contributed by atoms with van der Waals surface area (Å²) in [5, 5.41) is 32.1. The van der Waals surface area contributed by atoms with Crippen LogP contribution in [0, 0.1) is 39.3 Å². The van der Waals surface area contributed by atoms with Gasteiger partial charge in [-0.25, -0.2) is 8.78 Å². The summed E-state index contributed by atoms with van der Waals surface area (Å²) in [6, 6.07) is 33.6. The third kappa shape index (κ3) is 9.23. The van der Waals surface area contributed by atoms with E-state index in [0.29, 0.717) is 77.6 Å². The maximum absolute atomic E-state index is 16.5. The second-order valence-corrected chi connectivity index (χ2v) is 20.9. The van der Waals surface area contributed by atoms with Crippen molar-refractivity contribution in [3.8, 4) is 22.3 Å². The molecule has 76 heavy (non-hydrogen) atoms. The van der Waals surface area contributed by atoms with Crippen molar-refractivity contribution < 1.29 is 37.6 Å². The second kappa shape index (κ2) is 20.3. The van der Waals surface area contributed by atoms with Gasteiger partial charge in [0.2, 0.25) is 11.8 Å². The van der Waals surface area contributed by atoms with Crippen LogP contribution in [0.15, 0.2) is 118 Å². The average molecular weight is 1030 g/mol. The largest absolute Gasteiger partial charge is 0.386 e. The lowest BCUT2D eigenvalue weighted by Gasteiger charge is -2.24. The monoisotopic (exact) mass is 1030 g/mol. The molecule has 10 aromatic rings. The van der Waals surface area contributed by atoms with Crippen molar-refractivity contribution in [3.05, 3.63) is 177 Å². The predicted molar refractivity (Wildman–Crippen MR) is 295 cm³/mol. The SMILES string of the molecule is CCCC(c1ccccc1)n1c2cc(-c3c(C)noc3C)cc(C(N)=O)c2c2ccc(C(C)(C)O)c(F)c21.CCCC(c1ccccc1)n1c2cc(-c3c(C)noc3C)cc(C(N)=O)c2c2ccc(C(C)(C)O)c(F)c21. The van der Waals surface area contributed by atoms with E-state index in [1.165, 1.54) is 0 Å². The highest BCUT2D eigenvalue weighted by Crippen LogP contribution is 2.46. The number of hydrogen-bond donors (Lipinski definition) is 4. The molecule has 392 valence electrons. The number of fused-ring (bicyclic) bond motifs is 6. The molecular weight excluding hydrogens is 963 g/mol. The maximum atomic E-state index is 16.5. The van der Waals surface area contributed by atoms with E-state index in [4.69, 9.17) is 20.5 Å². The zero-order valence-electron chi connectivity index (χ0n) is 44.6. The molecule has 0 spiro atoms. The number of amides is 2. The minimum atomic E-state index is -1.40. The van der Waals surface area contributed by atoms with Gasteiger partial charge in [0.05, 0.1) is 56.7 Å². The molecule has 2 amide bonds. The fourth-order valence-electron chi connectivity index (χ4n) is 11.3. The van der Waals surface area contributed by atoms with Crippen LogP contribution in [0.25, 0.3) is 65.9 Å². The third-order valence-electron chi connectivity index (χ3n) is 14.6. The Labute approximate surface area is 439 Å². The molecule has 14 heteroatoms. The van der Waals surface area contributed by atoms with Gasteiger partial charge in [-0.1, -0.05) is 122 Å². The van der Waals surface area contributed by atoms with Gasteiger partial charge in [-0.05, 0) is 115 Å². The summed E-state index contributed by atoms with van der Waals surface area (Å²) in [6.45, 7) is 17.8. The highest BCUT2D eigenvalue weighted by Gasteiger charge is 2.33. The molecule has 2 unspecified atom stereocenters. The number of benzene rings is 6. The van der Waals surface area contributed by atoms with Gasteiger partial charge in [0, 0.05) is 54.9 Å². The Balaban J connectivity index is 0.000000186. The quantitative estimate of drug-likeness (QED) is 0.0828. The number of rotatable bonds is 14. The van der Waals surface area contributed by atoms with Crippen LogP contribution in [0.2, 0.25) is 0 Å². The van der Waals surface area contributed by atoms with Gasteiger partial charge in [-0.2, -0.15) is 0 Å². The molecule has 0 saturated heterocycles. The van der Waals surface area contributed by atoms with E-state index >= 15 is 8.78 Å². The Morgan fingerprint density at radius 3 is 1.22 bits per heavy atom. The second-order valence-electron chi connectivity index (χ2n) is 20.9. The number of primary amides is 2. The summed E-state index contributed by atoms with van der Waals surface area (Å²) >= 11 is 0. The number of aliphatic hydroxyl groups is 2. The first-order valence-corrected chi connectivity index (χ1v) is 25.7. The summed E-state index contributed by atoms with van der Waals surface area (Å²) in [6.07, 6.45) is 3.16. The number of hydrogen-bond acceptors (Lipinski definition) is 8. The first-order valence-electron chi connectivity index (χ1n) is 25.7. The molecule has 0 aliphatic rings. The van der Waals surface area contributed by atoms with E-state index in [1.54, 1.807) is 64.1 Å². The van der Waals surface area contributed by atoms with Crippen molar-refractivity contribution in [1.29, 1.82) is 0 Å². The number of aromatic nitrogens is 4. The van der Waals surface area contributed by atoms with E-state index < -0.39 is 34.7 Å². The number of nitrogens with zero attached hydrogens (tertiary/aromatic N) is 4. The molecule has 0 saturated carbocycles. The fourth-order valence-corrected chi connectivity index (χ4v) is 11.3. The van der Waals surface area contributed by atoms with Crippen molar-refractivity contribution in [2.24, 2.45) is 11.5 Å². The smallest absolute Gasteiger partial charge is 0.249 e. The van der Waals surface area contributed by atoms with E-state index in [9.17, 15) is 19.8 Å². The lowest BCUT2D eigenvalue weighted by atomic mass is 9.94. The fraction of sp³-hybridized carbons (Fsp3) is 0.290. The molecule has 0 aliphatic heterocycles. The standard InChI is InChI=1S/2C31H32FN3O3/c2*1-6-10-24(19-11-8-7-9-12-19)35-25-16-20(26-17(2)34-38-18(26)3)15-22(30(33)36)27(25)21-13-14-23(31(4,5)37)28(32)29(21)35/h2*7-9,11-16,24,37H,6,10H2,1-5H3,(H2,33,36). The van der Waals surface area contributed by atoms with Crippen molar-refractivity contribution in [1.82, 2.24) is 19.4 Å². The Morgan fingerprint density at radius 1 is 0.579 bits per heavy atom. The first kappa shape index (κ1) is 52.9. The van der Waals surface area contributed by atoms with Gasteiger partial charge < -0.3 is 39.9 Å². The molecule has 0 fully saturated rings. The number of carbonyl (C=O) groups excluding carboxylic acids is 2. The van der Waals surface area contributed by atoms with Gasteiger partial charge in [-0.3, -0.25) is 9.59 Å². The normalized spacial score (nSPS) is 12.9. The highest BCUT2D eigenvalue weighted by molar-refractivity contribution is 6.20. The number of aryl methyl sites for hydroxylation is 4. The Bertz CT molecular complexity index is 3570. The molecule has 0 aliphatic carbocycles. The van der Waals surface area contributed by atoms with Gasteiger partial charge in [-0.15, -0.1) is 0 Å². The van der Waals surface area contributed by atoms with Gasteiger partial charge in [0.15, 0.2) is 11.6 Å². The van der Waals surface area contributed by atoms with Crippen LogP contribution in [-0.4, -0.2) is 41.5 Å². The van der Waals surface area contributed by atoms with Crippen LogP contribution < -0.4 is 11.5 Å². The van der Waals surface area contributed by atoms with Crippen molar-refractivity contribution in [2.45, 2.75) is 118 Å². The topological polar surface area (TPSA) is 189 Å². The Hall–Kier alpha value is -7.94. The van der Waals surface area contributed by atoms with Crippen LogP contribution in [0.4, 0.5) is 8.78 Å². The predicted octanol–water partition coefficient (Wildman–Crippen LogP) is 13.8. The van der Waals surface area contributed by atoms with Crippen molar-refractivity contribution >= 4 is 55.4 Å². The summed E-state index contributed by atoms with van der Waals surface area (Å²) < 4.78 is 47.8. The minimum absolute atomic E-state index is 0.184. The summed E-state index contributed by atoms with van der Waals surface area (Å²) in [4.78, 5) is 25.8. The number of halogens is 2. The molecule has 6 N–H and O–H groups in total. The highest BCUT2D eigenvalue weighted by atomic mass is 19.1. The van der Waals surface area contributed by atoms with Crippen LogP contribution >= 0.6 is 0 Å². The lowest BCUT2D eigenvalue weighted by molar-refractivity contribution is 0.0741. The molecule has 4 heterocycles. The summed E-state index contributed by atoms with van der Waals surface area (Å²) in [7, 11) is 0. The van der Waals surface area contributed by atoms with Crippen LogP contribution in [0.5, 0.6) is 0 Å². The molecular formula is C62H64F2N6O6. The Kier molecular flexibility index (Phi) is 14.1. The molecule has 0 bridgehead atoms. The average Bonchev–Trinajstić information content (AvgIpc) is 4.14. The van der Waals surface area contributed by atoms with Crippen LogP contribution in [0.3, 0.4) is 0 Å². The van der Waals surface area contributed by atoms with Crippen molar-refractivity contribution in [3.63, 3.8) is 0 Å². The first-order chi connectivity index (χ1) is 36.1. The van der Waals surface area contributed by atoms with E-state index in [2.05, 4.69) is 24.2 Å². The van der Waals surface area contributed by atoms with E-state index in [0.717, 1.165) is 59.1 Å². The van der Waals surface area contributed by atoms with Crippen molar-refractivity contribution in [2.75, 3.05) is 0 Å². The number of carbonyl (C=O) groups is 2. The Morgan fingerprint density at radius 2 is 0.934 bits per heavy atom.